The van der Waals surface area contributed by atoms with Gasteiger partial charge in [0.1, 0.15) is 5.58 Å². The van der Waals surface area contributed by atoms with Gasteiger partial charge in [0, 0.05) is 10.3 Å². The minimum atomic E-state index is 0.0185. The Morgan fingerprint density at radius 3 is 2.86 bits per heavy atom. The molecular formula is C18H16O2S. The van der Waals surface area contributed by atoms with Crippen molar-refractivity contribution in [2.45, 2.75) is 32.6 Å². The first kappa shape index (κ1) is 12.8. The van der Waals surface area contributed by atoms with Gasteiger partial charge in [-0.3, -0.25) is 4.79 Å². The van der Waals surface area contributed by atoms with Crippen LogP contribution in [0.15, 0.2) is 34.7 Å². The van der Waals surface area contributed by atoms with E-state index in [0.717, 1.165) is 34.3 Å². The number of fused-ring (bicyclic) bond motifs is 2. The second-order valence-corrected chi connectivity index (χ2v) is 6.84. The summed E-state index contributed by atoms with van der Waals surface area (Å²) in [4.78, 5) is 14.9. The van der Waals surface area contributed by atoms with E-state index in [1.54, 1.807) is 11.3 Å². The predicted octanol–water partition coefficient (Wildman–Crippen LogP) is 4.91. The molecule has 3 aromatic rings. The Labute approximate surface area is 127 Å². The molecule has 0 aliphatic heterocycles. The Bertz CT molecular complexity index is 815. The van der Waals surface area contributed by atoms with Crippen molar-refractivity contribution in [2.75, 3.05) is 0 Å². The predicted molar refractivity (Wildman–Crippen MR) is 85.3 cm³/mol. The van der Waals surface area contributed by atoms with Crippen LogP contribution >= 0.6 is 11.3 Å². The van der Waals surface area contributed by atoms with E-state index < -0.39 is 0 Å². The molecule has 0 amide bonds. The molecule has 0 unspecified atom stereocenters. The molecule has 1 aliphatic rings. The molecular weight excluding hydrogens is 280 g/mol. The van der Waals surface area contributed by atoms with Crippen molar-refractivity contribution in [2.24, 2.45) is 0 Å². The lowest BCUT2D eigenvalue weighted by atomic mass is 9.99. The fourth-order valence-corrected chi connectivity index (χ4v) is 4.24. The number of carbonyl (C=O) groups is 1. The highest BCUT2D eigenvalue weighted by molar-refractivity contribution is 7.14. The molecule has 0 bridgehead atoms. The van der Waals surface area contributed by atoms with E-state index in [1.165, 1.54) is 23.3 Å². The number of furan rings is 1. The number of thiophene rings is 1. The summed E-state index contributed by atoms with van der Waals surface area (Å²) in [6.07, 6.45) is 4.71. The summed E-state index contributed by atoms with van der Waals surface area (Å²) in [5.41, 5.74) is 3.25. The quantitative estimate of drug-likeness (QED) is 0.629. The van der Waals surface area contributed by atoms with Crippen LogP contribution in [0, 0.1) is 6.92 Å². The van der Waals surface area contributed by atoms with E-state index >= 15 is 0 Å². The second-order valence-electron chi connectivity index (χ2n) is 5.70. The maximum atomic E-state index is 12.7. The summed E-state index contributed by atoms with van der Waals surface area (Å²) >= 11 is 1.64. The van der Waals surface area contributed by atoms with E-state index in [0.29, 0.717) is 5.76 Å². The molecule has 1 aliphatic carbocycles. The zero-order valence-corrected chi connectivity index (χ0v) is 12.8. The van der Waals surface area contributed by atoms with Gasteiger partial charge < -0.3 is 4.42 Å². The zero-order valence-electron chi connectivity index (χ0n) is 11.9. The van der Waals surface area contributed by atoms with Crippen LogP contribution < -0.4 is 0 Å². The minimum Gasteiger partial charge on any atom is -0.452 e. The molecule has 2 aromatic heterocycles. The number of hydrogen-bond donors (Lipinski definition) is 0. The van der Waals surface area contributed by atoms with Gasteiger partial charge in [-0.05, 0) is 55.9 Å². The molecule has 0 radical (unpaired) electrons. The van der Waals surface area contributed by atoms with Crippen LogP contribution in [-0.4, -0.2) is 5.78 Å². The molecule has 0 saturated carbocycles. The fraction of sp³-hybridized carbons (Fsp3) is 0.278. The minimum absolute atomic E-state index is 0.0185. The van der Waals surface area contributed by atoms with Crippen LogP contribution in [-0.2, 0) is 12.8 Å². The normalized spacial score (nSPS) is 14.3. The van der Waals surface area contributed by atoms with Crippen molar-refractivity contribution in [1.29, 1.82) is 0 Å². The molecule has 2 nitrogen and oxygen atoms in total. The van der Waals surface area contributed by atoms with E-state index in [9.17, 15) is 4.79 Å². The number of aryl methyl sites for hydroxylation is 3. The van der Waals surface area contributed by atoms with Gasteiger partial charge in [0.15, 0.2) is 5.76 Å². The van der Waals surface area contributed by atoms with Gasteiger partial charge in [-0.25, -0.2) is 0 Å². The van der Waals surface area contributed by atoms with Crippen LogP contribution in [0.25, 0.3) is 11.0 Å². The van der Waals surface area contributed by atoms with Gasteiger partial charge in [-0.15, -0.1) is 11.3 Å². The average Bonchev–Trinajstić information content (AvgIpc) is 3.11. The van der Waals surface area contributed by atoms with Crippen molar-refractivity contribution >= 4 is 28.1 Å². The van der Waals surface area contributed by atoms with Crippen LogP contribution in [0.5, 0.6) is 0 Å². The fourth-order valence-electron chi connectivity index (χ4n) is 3.04. The second kappa shape index (κ2) is 4.85. The SMILES string of the molecule is Cc1cccc2cc(C(=O)c3cc4c(s3)CCCC4)oc12. The van der Waals surface area contributed by atoms with E-state index in [2.05, 4.69) is 6.07 Å². The summed E-state index contributed by atoms with van der Waals surface area (Å²) in [5, 5.41) is 1.000. The first-order chi connectivity index (χ1) is 10.2. The largest absolute Gasteiger partial charge is 0.452 e. The van der Waals surface area contributed by atoms with Gasteiger partial charge >= 0.3 is 0 Å². The van der Waals surface area contributed by atoms with Crippen molar-refractivity contribution in [3.63, 3.8) is 0 Å². The molecule has 2 heterocycles. The standard InChI is InChI=1S/C18H16O2S/c1-11-5-4-7-13-9-14(20-18(11)13)17(19)16-10-12-6-2-3-8-15(12)21-16/h4-5,7,9-10H,2-3,6,8H2,1H3. The van der Waals surface area contributed by atoms with Gasteiger partial charge in [0.05, 0.1) is 4.88 Å². The molecule has 0 fully saturated rings. The third-order valence-electron chi connectivity index (χ3n) is 4.19. The molecule has 4 rings (SSSR count). The molecule has 21 heavy (non-hydrogen) atoms. The van der Waals surface area contributed by atoms with Crippen molar-refractivity contribution in [3.8, 4) is 0 Å². The first-order valence-corrected chi connectivity index (χ1v) is 8.19. The number of para-hydroxylation sites is 1. The monoisotopic (exact) mass is 296 g/mol. The zero-order chi connectivity index (χ0) is 14.4. The lowest BCUT2D eigenvalue weighted by Crippen LogP contribution is -1.97. The Morgan fingerprint density at radius 1 is 1.19 bits per heavy atom. The van der Waals surface area contributed by atoms with Crippen molar-refractivity contribution in [1.82, 2.24) is 0 Å². The third kappa shape index (κ3) is 2.12. The summed E-state index contributed by atoms with van der Waals surface area (Å²) in [6.45, 7) is 2.00. The molecule has 0 saturated heterocycles. The van der Waals surface area contributed by atoms with Gasteiger partial charge in [-0.2, -0.15) is 0 Å². The van der Waals surface area contributed by atoms with Crippen molar-refractivity contribution in [3.05, 3.63) is 57.0 Å². The van der Waals surface area contributed by atoms with Gasteiger partial charge in [0.25, 0.3) is 0 Å². The summed E-state index contributed by atoms with van der Waals surface area (Å²) in [6, 6.07) is 9.92. The first-order valence-electron chi connectivity index (χ1n) is 7.38. The Balaban J connectivity index is 1.75. The van der Waals surface area contributed by atoms with Gasteiger partial charge in [0.2, 0.25) is 5.78 Å². The van der Waals surface area contributed by atoms with E-state index in [4.69, 9.17) is 4.42 Å². The topological polar surface area (TPSA) is 30.2 Å². The van der Waals surface area contributed by atoms with E-state index in [-0.39, 0.29) is 5.78 Å². The summed E-state index contributed by atoms with van der Waals surface area (Å²) in [7, 11) is 0. The highest BCUT2D eigenvalue weighted by atomic mass is 32.1. The Kier molecular flexibility index (Phi) is 2.96. The number of benzene rings is 1. The van der Waals surface area contributed by atoms with Crippen LogP contribution in [0.4, 0.5) is 0 Å². The lowest BCUT2D eigenvalue weighted by molar-refractivity contribution is 0.101. The smallest absolute Gasteiger partial charge is 0.238 e. The third-order valence-corrected chi connectivity index (χ3v) is 5.42. The summed E-state index contributed by atoms with van der Waals surface area (Å²) in [5.74, 6) is 0.475. The van der Waals surface area contributed by atoms with Gasteiger partial charge in [-0.1, -0.05) is 18.2 Å². The van der Waals surface area contributed by atoms with Crippen LogP contribution in [0.3, 0.4) is 0 Å². The lowest BCUT2D eigenvalue weighted by Gasteiger charge is -2.08. The highest BCUT2D eigenvalue weighted by Gasteiger charge is 2.21. The van der Waals surface area contributed by atoms with E-state index in [1.807, 2.05) is 31.2 Å². The number of carbonyl (C=O) groups excluding carboxylic acids is 1. The maximum absolute atomic E-state index is 12.7. The highest BCUT2D eigenvalue weighted by Crippen LogP contribution is 2.32. The summed E-state index contributed by atoms with van der Waals surface area (Å²) < 4.78 is 5.80. The number of rotatable bonds is 2. The molecule has 1 aromatic carbocycles. The number of ketones is 1. The van der Waals surface area contributed by atoms with Crippen LogP contribution in [0.2, 0.25) is 0 Å². The Morgan fingerprint density at radius 2 is 2.05 bits per heavy atom. The average molecular weight is 296 g/mol. The maximum Gasteiger partial charge on any atom is 0.238 e. The molecule has 0 N–H and O–H groups in total. The Hall–Kier alpha value is -1.87. The van der Waals surface area contributed by atoms with Crippen LogP contribution in [0.1, 0.15) is 44.3 Å². The molecule has 0 spiro atoms. The van der Waals surface area contributed by atoms with Crippen molar-refractivity contribution < 1.29 is 9.21 Å². The molecule has 3 heteroatoms. The molecule has 0 atom stereocenters. The molecule has 106 valence electrons. The number of hydrogen-bond acceptors (Lipinski definition) is 3.